The number of aryl methyl sites for hydroxylation is 1. The summed E-state index contributed by atoms with van der Waals surface area (Å²) in [5.41, 5.74) is 1.46. The molecule has 0 saturated carbocycles. The van der Waals surface area contributed by atoms with Crippen molar-refractivity contribution in [2.24, 2.45) is 0 Å². The van der Waals surface area contributed by atoms with Crippen LogP contribution in [0.4, 0.5) is 0 Å². The molecule has 0 spiro atoms. The van der Waals surface area contributed by atoms with Gasteiger partial charge >= 0.3 is 0 Å². The Morgan fingerprint density at radius 1 is 1.21 bits per heavy atom. The van der Waals surface area contributed by atoms with Crippen LogP contribution in [0.2, 0.25) is 0 Å². The van der Waals surface area contributed by atoms with Crippen molar-refractivity contribution in [3.05, 3.63) is 23.9 Å². The van der Waals surface area contributed by atoms with E-state index in [2.05, 4.69) is 51.0 Å². The van der Waals surface area contributed by atoms with Gasteiger partial charge in [0.25, 0.3) is 0 Å². The van der Waals surface area contributed by atoms with Crippen LogP contribution in [0.3, 0.4) is 0 Å². The fraction of sp³-hybridized carbons (Fsp3) is 0.688. The van der Waals surface area contributed by atoms with Gasteiger partial charge in [0.15, 0.2) is 0 Å². The molecule has 0 atom stereocenters. The summed E-state index contributed by atoms with van der Waals surface area (Å²) in [5, 5.41) is 3.67. The molecule has 1 aliphatic rings. The first-order valence-corrected chi connectivity index (χ1v) is 7.21. The van der Waals surface area contributed by atoms with Crippen molar-refractivity contribution in [3.63, 3.8) is 0 Å². The largest absolute Gasteiger partial charge is 0.474 e. The summed E-state index contributed by atoms with van der Waals surface area (Å²) in [4.78, 5) is 4.40. The standard InChI is InChI=1S/C16H26N2O/c1-6-12-7-8-14(17-11-12)19-13-9-15(2,3)18-16(4,5)10-13/h7-8,11,13,18H,6,9-10H2,1-5H3. The van der Waals surface area contributed by atoms with Gasteiger partial charge in [-0.3, -0.25) is 0 Å². The first-order chi connectivity index (χ1) is 8.80. The number of nitrogens with zero attached hydrogens (tertiary/aromatic N) is 1. The van der Waals surface area contributed by atoms with E-state index in [9.17, 15) is 0 Å². The second-order valence-corrected chi connectivity index (χ2v) is 6.90. The van der Waals surface area contributed by atoms with Crippen LogP contribution in [0, 0.1) is 0 Å². The van der Waals surface area contributed by atoms with Gasteiger partial charge < -0.3 is 10.1 Å². The molecular weight excluding hydrogens is 236 g/mol. The molecule has 19 heavy (non-hydrogen) atoms. The van der Waals surface area contributed by atoms with Gasteiger partial charge in [-0.25, -0.2) is 4.98 Å². The van der Waals surface area contributed by atoms with Crippen LogP contribution in [-0.2, 0) is 6.42 Å². The zero-order valence-electron chi connectivity index (χ0n) is 12.8. The Morgan fingerprint density at radius 2 is 1.84 bits per heavy atom. The van der Waals surface area contributed by atoms with Crippen LogP contribution in [0.5, 0.6) is 5.88 Å². The van der Waals surface area contributed by atoms with Gasteiger partial charge in [-0.2, -0.15) is 0 Å². The Kier molecular flexibility index (Phi) is 3.86. The molecule has 3 heteroatoms. The number of aromatic nitrogens is 1. The van der Waals surface area contributed by atoms with Crippen molar-refractivity contribution in [1.82, 2.24) is 10.3 Å². The molecule has 1 saturated heterocycles. The van der Waals surface area contributed by atoms with E-state index >= 15 is 0 Å². The first kappa shape index (κ1) is 14.3. The predicted octanol–water partition coefficient (Wildman–Crippen LogP) is 3.33. The number of nitrogens with one attached hydrogen (secondary N) is 1. The Morgan fingerprint density at radius 3 is 2.32 bits per heavy atom. The lowest BCUT2D eigenvalue weighted by atomic mass is 9.81. The first-order valence-electron chi connectivity index (χ1n) is 7.21. The quantitative estimate of drug-likeness (QED) is 0.907. The van der Waals surface area contributed by atoms with Crippen LogP contribution < -0.4 is 10.1 Å². The van der Waals surface area contributed by atoms with Crippen LogP contribution in [0.15, 0.2) is 18.3 Å². The molecular formula is C16H26N2O. The average Bonchev–Trinajstić information content (AvgIpc) is 2.25. The van der Waals surface area contributed by atoms with Crippen molar-refractivity contribution in [2.45, 2.75) is 71.1 Å². The lowest BCUT2D eigenvalue weighted by Crippen LogP contribution is -2.60. The average molecular weight is 262 g/mol. The zero-order chi connectivity index (χ0) is 14.1. The third-order valence-corrected chi connectivity index (χ3v) is 3.65. The molecule has 106 valence electrons. The van der Waals surface area contributed by atoms with E-state index in [1.807, 2.05) is 12.3 Å². The van der Waals surface area contributed by atoms with E-state index in [-0.39, 0.29) is 17.2 Å². The van der Waals surface area contributed by atoms with Crippen LogP contribution in [0.25, 0.3) is 0 Å². The summed E-state index contributed by atoms with van der Waals surface area (Å²) in [5.74, 6) is 0.746. The second-order valence-electron chi connectivity index (χ2n) is 6.90. The number of rotatable bonds is 3. The molecule has 0 radical (unpaired) electrons. The van der Waals surface area contributed by atoms with Crippen molar-refractivity contribution < 1.29 is 4.74 Å². The Bertz CT molecular complexity index is 407. The van der Waals surface area contributed by atoms with E-state index < -0.39 is 0 Å². The SMILES string of the molecule is CCc1ccc(OC2CC(C)(C)NC(C)(C)C2)nc1. The summed E-state index contributed by atoms with van der Waals surface area (Å²) in [6.07, 6.45) is 5.17. The monoisotopic (exact) mass is 262 g/mol. The Balaban J connectivity index is 2.05. The third kappa shape index (κ3) is 3.93. The van der Waals surface area contributed by atoms with Gasteiger partial charge in [-0.05, 0) is 39.7 Å². The predicted molar refractivity (Wildman–Crippen MR) is 78.6 cm³/mol. The zero-order valence-corrected chi connectivity index (χ0v) is 12.8. The third-order valence-electron chi connectivity index (χ3n) is 3.65. The summed E-state index contributed by atoms with van der Waals surface area (Å²) >= 11 is 0. The summed E-state index contributed by atoms with van der Waals surface area (Å²) in [6.45, 7) is 11.1. The van der Waals surface area contributed by atoms with Crippen molar-refractivity contribution in [3.8, 4) is 5.88 Å². The second kappa shape index (κ2) is 5.12. The highest BCUT2D eigenvalue weighted by Gasteiger charge is 2.38. The molecule has 2 heterocycles. The van der Waals surface area contributed by atoms with E-state index in [1.165, 1.54) is 5.56 Å². The van der Waals surface area contributed by atoms with E-state index in [1.54, 1.807) is 0 Å². The highest BCUT2D eigenvalue weighted by atomic mass is 16.5. The van der Waals surface area contributed by atoms with Gasteiger partial charge in [-0.15, -0.1) is 0 Å². The highest BCUT2D eigenvalue weighted by Crippen LogP contribution is 2.30. The lowest BCUT2D eigenvalue weighted by Gasteiger charge is -2.46. The van der Waals surface area contributed by atoms with Crippen molar-refractivity contribution in [2.75, 3.05) is 0 Å². The van der Waals surface area contributed by atoms with Gasteiger partial charge in [0.05, 0.1) is 0 Å². The normalized spacial score (nSPS) is 22.2. The number of hydrogen-bond donors (Lipinski definition) is 1. The number of piperidine rings is 1. The van der Waals surface area contributed by atoms with Crippen LogP contribution in [-0.4, -0.2) is 22.2 Å². The van der Waals surface area contributed by atoms with Gasteiger partial charge in [0.2, 0.25) is 5.88 Å². The molecule has 0 aromatic carbocycles. The number of hydrogen-bond acceptors (Lipinski definition) is 3. The van der Waals surface area contributed by atoms with E-state index in [0.717, 1.165) is 25.1 Å². The van der Waals surface area contributed by atoms with Crippen LogP contribution in [0.1, 0.15) is 53.0 Å². The summed E-state index contributed by atoms with van der Waals surface area (Å²) < 4.78 is 6.07. The Hall–Kier alpha value is -1.09. The maximum Gasteiger partial charge on any atom is 0.213 e. The molecule has 1 aliphatic heterocycles. The minimum absolute atomic E-state index is 0.107. The number of ether oxygens (including phenoxy) is 1. The van der Waals surface area contributed by atoms with Gasteiger partial charge in [0.1, 0.15) is 6.10 Å². The van der Waals surface area contributed by atoms with Crippen LogP contribution >= 0.6 is 0 Å². The van der Waals surface area contributed by atoms with Gasteiger partial charge in [0, 0.05) is 36.2 Å². The highest BCUT2D eigenvalue weighted by molar-refractivity contribution is 5.18. The smallest absolute Gasteiger partial charge is 0.213 e. The van der Waals surface area contributed by atoms with Crippen molar-refractivity contribution in [1.29, 1.82) is 0 Å². The molecule has 2 rings (SSSR count). The topological polar surface area (TPSA) is 34.1 Å². The molecule has 0 unspecified atom stereocenters. The molecule has 0 amide bonds. The molecule has 1 fully saturated rings. The lowest BCUT2D eigenvalue weighted by molar-refractivity contribution is 0.0530. The summed E-state index contributed by atoms with van der Waals surface area (Å²) in [7, 11) is 0. The molecule has 1 aromatic rings. The van der Waals surface area contributed by atoms with E-state index in [0.29, 0.717) is 0 Å². The molecule has 3 nitrogen and oxygen atoms in total. The summed E-state index contributed by atoms with van der Waals surface area (Å²) in [6, 6.07) is 4.08. The fourth-order valence-electron chi connectivity index (χ4n) is 3.17. The fourth-order valence-corrected chi connectivity index (χ4v) is 3.17. The minimum atomic E-state index is 0.107. The number of pyridine rings is 1. The van der Waals surface area contributed by atoms with Gasteiger partial charge in [-0.1, -0.05) is 13.0 Å². The minimum Gasteiger partial charge on any atom is -0.474 e. The molecule has 0 aliphatic carbocycles. The van der Waals surface area contributed by atoms with E-state index in [4.69, 9.17) is 4.74 Å². The Labute approximate surface area is 116 Å². The van der Waals surface area contributed by atoms with Crippen molar-refractivity contribution >= 4 is 0 Å². The maximum absolute atomic E-state index is 6.07. The molecule has 1 aromatic heterocycles. The maximum atomic E-state index is 6.07. The molecule has 1 N–H and O–H groups in total. The molecule has 0 bridgehead atoms.